The minimum absolute atomic E-state index is 0.421. The Labute approximate surface area is 33.8 Å². The number of hydrogen-bond acceptors (Lipinski definition) is 4. The molecule has 0 unspecified atom stereocenters. The molecule has 3 nitrogen and oxygen atoms in total. The van der Waals surface area contributed by atoms with Crippen LogP contribution >= 0.6 is 12.2 Å². The molecule has 28 valence electrons. The molecule has 0 bridgehead atoms. The summed E-state index contributed by atoms with van der Waals surface area (Å²) in [5.74, 6) is 0. The maximum Gasteiger partial charge on any atom is 0.175 e. The van der Waals surface area contributed by atoms with Crippen molar-refractivity contribution in [2.24, 2.45) is 9.63 Å². The molecule has 0 amide bonds. The highest BCUT2D eigenvalue weighted by Crippen LogP contribution is 2.10. The number of rotatable bonds is 0. The fraction of sp³-hybridized carbons (Fsp3) is 1.00. The SMILES string of the molecule is C1N=NSO1. The molecular formula is CH2N2OS. The van der Waals surface area contributed by atoms with Crippen molar-refractivity contribution in [1.82, 2.24) is 0 Å². The van der Waals surface area contributed by atoms with Gasteiger partial charge in [-0.3, -0.25) is 4.18 Å². The van der Waals surface area contributed by atoms with E-state index in [0.717, 1.165) is 12.2 Å². The summed E-state index contributed by atoms with van der Waals surface area (Å²) < 4.78 is 7.93. The molecule has 1 aliphatic rings. The van der Waals surface area contributed by atoms with Gasteiger partial charge in [0.1, 0.15) is 0 Å². The van der Waals surface area contributed by atoms with Gasteiger partial charge in [-0.1, -0.05) is 4.52 Å². The van der Waals surface area contributed by atoms with Crippen molar-refractivity contribution >= 4 is 12.2 Å². The average Bonchev–Trinajstić information content (AvgIpc) is 1.76. The molecule has 0 radical (unpaired) electrons. The summed E-state index contributed by atoms with van der Waals surface area (Å²) in [7, 11) is 0. The van der Waals surface area contributed by atoms with Crippen LogP contribution in [0.15, 0.2) is 9.63 Å². The molecule has 0 fully saturated rings. The molecule has 5 heavy (non-hydrogen) atoms. The molecule has 0 aromatic heterocycles. The summed E-state index contributed by atoms with van der Waals surface area (Å²) in [6.07, 6.45) is 0. The Bertz CT molecular complexity index is 47.6. The van der Waals surface area contributed by atoms with Crippen LogP contribution < -0.4 is 0 Å². The smallest absolute Gasteiger partial charge is 0.175 e. The van der Waals surface area contributed by atoms with Crippen molar-refractivity contribution < 1.29 is 4.18 Å². The molecule has 0 N–H and O–H groups in total. The Morgan fingerprint density at radius 3 is 3.00 bits per heavy atom. The summed E-state index contributed by atoms with van der Waals surface area (Å²) in [5, 5.41) is 3.45. The molecule has 0 spiro atoms. The normalized spacial score (nSPS) is 20.8. The second-order valence-electron chi connectivity index (χ2n) is 0.545. The van der Waals surface area contributed by atoms with Crippen LogP contribution in [0.25, 0.3) is 0 Å². The highest BCUT2D eigenvalue weighted by molar-refractivity contribution is 7.93. The number of nitrogens with zero attached hydrogens (tertiary/aromatic N) is 2. The van der Waals surface area contributed by atoms with Gasteiger partial charge in [0.05, 0.1) is 0 Å². The lowest BCUT2D eigenvalue weighted by Crippen LogP contribution is -1.64. The fourth-order valence-electron chi connectivity index (χ4n) is 0.118. The van der Waals surface area contributed by atoms with Gasteiger partial charge in [-0.2, -0.15) is 0 Å². The van der Waals surface area contributed by atoms with Crippen LogP contribution in [0.3, 0.4) is 0 Å². The van der Waals surface area contributed by atoms with Crippen LogP contribution in [0.2, 0.25) is 0 Å². The molecule has 0 saturated carbocycles. The van der Waals surface area contributed by atoms with Crippen LogP contribution in [0.1, 0.15) is 0 Å². The fourth-order valence-corrected chi connectivity index (χ4v) is 0.354. The van der Waals surface area contributed by atoms with E-state index < -0.39 is 0 Å². The standard InChI is InChI=1S/CH2N2OS/c1-2-3-5-4-1/h1H2. The first kappa shape index (κ1) is 3.11. The average molecular weight is 90.1 g/mol. The van der Waals surface area contributed by atoms with Crippen molar-refractivity contribution in [2.45, 2.75) is 0 Å². The van der Waals surface area contributed by atoms with E-state index in [-0.39, 0.29) is 0 Å². The van der Waals surface area contributed by atoms with E-state index in [4.69, 9.17) is 0 Å². The zero-order valence-corrected chi connectivity index (χ0v) is 3.23. The van der Waals surface area contributed by atoms with Crippen LogP contribution in [0, 0.1) is 0 Å². The molecule has 1 aliphatic heterocycles. The van der Waals surface area contributed by atoms with Gasteiger partial charge in [0.25, 0.3) is 0 Å². The van der Waals surface area contributed by atoms with Gasteiger partial charge in [-0.15, -0.1) is 5.11 Å². The van der Waals surface area contributed by atoms with Gasteiger partial charge in [0.15, 0.2) is 19.0 Å². The molecule has 0 aliphatic carbocycles. The van der Waals surface area contributed by atoms with E-state index in [1.807, 2.05) is 0 Å². The highest BCUT2D eigenvalue weighted by atomic mass is 32.2. The van der Waals surface area contributed by atoms with Crippen LogP contribution in [-0.2, 0) is 4.18 Å². The van der Waals surface area contributed by atoms with E-state index in [1.54, 1.807) is 0 Å². The third-order valence-electron chi connectivity index (χ3n) is 0.254. The monoisotopic (exact) mass is 90.0 g/mol. The molecule has 0 saturated heterocycles. The first-order valence-electron chi connectivity index (χ1n) is 1.15. The Balaban J connectivity index is 2.32. The van der Waals surface area contributed by atoms with Gasteiger partial charge in [-0.05, 0) is 0 Å². The molecule has 0 aromatic carbocycles. The van der Waals surface area contributed by atoms with Crippen LogP contribution in [-0.4, -0.2) is 6.73 Å². The van der Waals surface area contributed by atoms with Gasteiger partial charge < -0.3 is 0 Å². The van der Waals surface area contributed by atoms with Crippen LogP contribution in [0.5, 0.6) is 0 Å². The van der Waals surface area contributed by atoms with Gasteiger partial charge >= 0.3 is 0 Å². The number of hydrogen-bond donors (Lipinski definition) is 0. The first-order valence-corrected chi connectivity index (χ1v) is 1.85. The van der Waals surface area contributed by atoms with E-state index in [9.17, 15) is 0 Å². The Morgan fingerprint density at radius 1 is 1.80 bits per heavy atom. The van der Waals surface area contributed by atoms with Gasteiger partial charge in [0.2, 0.25) is 0 Å². The van der Waals surface area contributed by atoms with E-state index in [1.165, 1.54) is 0 Å². The lowest BCUT2D eigenvalue weighted by atomic mass is 11.4. The second kappa shape index (κ2) is 1.37. The summed E-state index contributed by atoms with van der Waals surface area (Å²) in [6.45, 7) is 0.421. The zero-order valence-electron chi connectivity index (χ0n) is 2.42. The topological polar surface area (TPSA) is 34.0 Å². The quantitative estimate of drug-likeness (QED) is 0.328. The molecule has 1 rings (SSSR count). The van der Waals surface area contributed by atoms with E-state index in [2.05, 4.69) is 13.8 Å². The van der Waals surface area contributed by atoms with Crippen molar-refractivity contribution in [2.75, 3.05) is 6.73 Å². The maximum absolute atomic E-state index is 4.53. The third-order valence-corrected chi connectivity index (χ3v) is 0.647. The minimum atomic E-state index is 0.421. The van der Waals surface area contributed by atoms with Gasteiger partial charge in [-0.25, -0.2) is 0 Å². The molecule has 4 heteroatoms. The zero-order chi connectivity index (χ0) is 3.54. The molecule has 0 aromatic rings. The van der Waals surface area contributed by atoms with Crippen molar-refractivity contribution in [3.05, 3.63) is 0 Å². The predicted molar refractivity (Wildman–Crippen MR) is 18.4 cm³/mol. The minimum Gasteiger partial charge on any atom is -0.268 e. The molecular weight excluding hydrogens is 88.1 g/mol. The van der Waals surface area contributed by atoms with E-state index >= 15 is 0 Å². The van der Waals surface area contributed by atoms with E-state index in [0.29, 0.717) is 6.73 Å². The predicted octanol–water partition coefficient (Wildman–Crippen LogP) is 0.990. The van der Waals surface area contributed by atoms with Crippen molar-refractivity contribution in [1.29, 1.82) is 0 Å². The molecule has 1 heterocycles. The third kappa shape index (κ3) is 0.592. The summed E-state index contributed by atoms with van der Waals surface area (Å²) in [5.41, 5.74) is 0. The summed E-state index contributed by atoms with van der Waals surface area (Å²) in [4.78, 5) is 0. The largest absolute Gasteiger partial charge is 0.268 e. The lowest BCUT2D eigenvalue weighted by molar-refractivity contribution is 0.405. The van der Waals surface area contributed by atoms with Gasteiger partial charge in [0, 0.05) is 0 Å². The second-order valence-corrected chi connectivity index (χ2v) is 1.09. The Morgan fingerprint density at radius 2 is 2.80 bits per heavy atom. The molecule has 0 atom stereocenters. The first-order chi connectivity index (χ1) is 2.50. The maximum atomic E-state index is 4.53. The summed E-state index contributed by atoms with van der Waals surface area (Å²) >= 11 is 1.03. The lowest BCUT2D eigenvalue weighted by Gasteiger charge is -1.68. The summed E-state index contributed by atoms with van der Waals surface area (Å²) in [6, 6.07) is 0. The van der Waals surface area contributed by atoms with Crippen molar-refractivity contribution in [3.8, 4) is 0 Å². The Kier molecular flexibility index (Phi) is 0.855. The van der Waals surface area contributed by atoms with Crippen molar-refractivity contribution in [3.63, 3.8) is 0 Å². The Hall–Kier alpha value is -0.0900. The highest BCUT2D eigenvalue weighted by Gasteiger charge is 1.88. The van der Waals surface area contributed by atoms with Crippen LogP contribution in [0.4, 0.5) is 0 Å².